The minimum atomic E-state index is -0.867. The summed E-state index contributed by atoms with van der Waals surface area (Å²) in [6.45, 7) is 3.85. The molecule has 16 heavy (non-hydrogen) atoms. The molecule has 0 radical (unpaired) electrons. The van der Waals surface area contributed by atoms with E-state index >= 15 is 0 Å². The van der Waals surface area contributed by atoms with Crippen LogP contribution < -0.4 is 0 Å². The fraction of sp³-hybridized carbons (Fsp3) is 0.154. The van der Waals surface area contributed by atoms with E-state index in [-0.39, 0.29) is 0 Å². The van der Waals surface area contributed by atoms with Gasteiger partial charge in [-0.05, 0) is 48.1 Å². The van der Waals surface area contributed by atoms with Crippen LogP contribution in [0.1, 0.15) is 21.5 Å². The first-order valence-corrected chi connectivity index (χ1v) is 5.86. The quantitative estimate of drug-likeness (QED) is 0.856. The van der Waals surface area contributed by atoms with Gasteiger partial charge in [0.15, 0.2) is 0 Å². The normalized spacial score (nSPS) is 10.4. The van der Waals surface area contributed by atoms with E-state index in [1.807, 2.05) is 37.4 Å². The molecule has 0 fully saturated rings. The van der Waals surface area contributed by atoms with Crippen molar-refractivity contribution >= 4 is 17.3 Å². The highest BCUT2D eigenvalue weighted by Gasteiger charge is 2.10. The van der Waals surface area contributed by atoms with E-state index in [2.05, 4.69) is 0 Å². The van der Waals surface area contributed by atoms with Gasteiger partial charge in [0.05, 0.1) is 5.56 Å². The summed E-state index contributed by atoms with van der Waals surface area (Å²) >= 11 is 1.64. The molecule has 0 amide bonds. The fourth-order valence-corrected chi connectivity index (χ4v) is 2.59. The van der Waals surface area contributed by atoms with Crippen LogP contribution in [0.3, 0.4) is 0 Å². The number of carboxylic acids is 1. The summed E-state index contributed by atoms with van der Waals surface area (Å²) in [5.41, 5.74) is 3.34. The standard InChI is InChI=1S/C13H12O2S/c1-8-3-4-10(7-11(8)13(14)15)12-9(2)5-6-16-12/h3-7H,1-2H3,(H,14,15). The third kappa shape index (κ3) is 1.86. The molecule has 0 aliphatic rings. The molecule has 0 atom stereocenters. The fourth-order valence-electron chi connectivity index (χ4n) is 1.66. The number of hydrogen-bond acceptors (Lipinski definition) is 2. The zero-order valence-electron chi connectivity index (χ0n) is 9.15. The zero-order chi connectivity index (χ0) is 11.7. The molecule has 3 heteroatoms. The highest BCUT2D eigenvalue weighted by atomic mass is 32.1. The maximum absolute atomic E-state index is 11.0. The largest absolute Gasteiger partial charge is 0.478 e. The van der Waals surface area contributed by atoms with Crippen molar-refractivity contribution in [3.63, 3.8) is 0 Å². The zero-order valence-corrected chi connectivity index (χ0v) is 9.97. The van der Waals surface area contributed by atoms with Crippen LogP contribution in [-0.4, -0.2) is 11.1 Å². The summed E-state index contributed by atoms with van der Waals surface area (Å²) < 4.78 is 0. The van der Waals surface area contributed by atoms with Crippen LogP contribution in [0.4, 0.5) is 0 Å². The van der Waals surface area contributed by atoms with Crippen molar-refractivity contribution in [1.82, 2.24) is 0 Å². The SMILES string of the molecule is Cc1ccc(-c2sccc2C)cc1C(=O)O. The van der Waals surface area contributed by atoms with Crippen molar-refractivity contribution in [2.24, 2.45) is 0 Å². The van der Waals surface area contributed by atoms with Crippen LogP contribution in [-0.2, 0) is 0 Å². The minimum absolute atomic E-state index is 0.380. The molecule has 1 aromatic carbocycles. The Morgan fingerprint density at radius 3 is 2.50 bits per heavy atom. The highest BCUT2D eigenvalue weighted by molar-refractivity contribution is 7.13. The number of rotatable bonds is 2. The molecular weight excluding hydrogens is 220 g/mol. The van der Waals surface area contributed by atoms with Crippen LogP contribution in [0.15, 0.2) is 29.6 Å². The van der Waals surface area contributed by atoms with Gasteiger partial charge in [-0.25, -0.2) is 4.79 Å². The lowest BCUT2D eigenvalue weighted by Crippen LogP contribution is -1.99. The van der Waals surface area contributed by atoms with Gasteiger partial charge in [-0.15, -0.1) is 11.3 Å². The molecular formula is C13H12O2S. The molecule has 0 bridgehead atoms. The number of carbonyl (C=O) groups is 1. The highest BCUT2D eigenvalue weighted by Crippen LogP contribution is 2.30. The van der Waals surface area contributed by atoms with Crippen LogP contribution in [0.25, 0.3) is 10.4 Å². The summed E-state index contributed by atoms with van der Waals surface area (Å²) in [4.78, 5) is 12.2. The lowest BCUT2D eigenvalue weighted by Gasteiger charge is -2.04. The Kier molecular flexibility index (Phi) is 2.79. The van der Waals surface area contributed by atoms with Crippen LogP contribution in [0.5, 0.6) is 0 Å². The molecule has 0 unspecified atom stereocenters. The van der Waals surface area contributed by atoms with Crippen molar-refractivity contribution in [1.29, 1.82) is 0 Å². The van der Waals surface area contributed by atoms with E-state index in [1.54, 1.807) is 17.4 Å². The van der Waals surface area contributed by atoms with E-state index in [9.17, 15) is 4.79 Å². The Balaban J connectivity index is 2.56. The van der Waals surface area contributed by atoms with Crippen LogP contribution in [0, 0.1) is 13.8 Å². The summed E-state index contributed by atoms with van der Waals surface area (Å²) in [6.07, 6.45) is 0. The number of aromatic carboxylic acids is 1. The van der Waals surface area contributed by atoms with Gasteiger partial charge in [-0.1, -0.05) is 12.1 Å². The van der Waals surface area contributed by atoms with Gasteiger partial charge in [-0.2, -0.15) is 0 Å². The van der Waals surface area contributed by atoms with Gasteiger partial charge in [0.1, 0.15) is 0 Å². The van der Waals surface area contributed by atoms with Crippen LogP contribution >= 0.6 is 11.3 Å². The maximum Gasteiger partial charge on any atom is 0.335 e. The average Bonchev–Trinajstić information content (AvgIpc) is 2.65. The summed E-state index contributed by atoms with van der Waals surface area (Å²) in [5, 5.41) is 11.1. The van der Waals surface area contributed by atoms with Crippen molar-refractivity contribution < 1.29 is 9.90 Å². The number of hydrogen-bond donors (Lipinski definition) is 1. The smallest absolute Gasteiger partial charge is 0.335 e. The lowest BCUT2D eigenvalue weighted by molar-refractivity contribution is 0.0696. The van der Waals surface area contributed by atoms with Crippen molar-refractivity contribution in [2.75, 3.05) is 0 Å². The predicted octanol–water partition coefficient (Wildman–Crippen LogP) is 3.73. The molecule has 0 saturated carbocycles. The lowest BCUT2D eigenvalue weighted by atomic mass is 10.0. The van der Waals surface area contributed by atoms with Gasteiger partial charge < -0.3 is 5.11 Å². The van der Waals surface area contributed by atoms with E-state index in [4.69, 9.17) is 5.11 Å². The second kappa shape index (κ2) is 4.10. The maximum atomic E-state index is 11.0. The summed E-state index contributed by atoms with van der Waals surface area (Å²) in [7, 11) is 0. The number of aryl methyl sites for hydroxylation is 2. The molecule has 2 nitrogen and oxygen atoms in total. The molecule has 0 saturated heterocycles. The topological polar surface area (TPSA) is 37.3 Å². The Morgan fingerprint density at radius 1 is 1.19 bits per heavy atom. The van der Waals surface area contributed by atoms with Crippen molar-refractivity contribution in [2.45, 2.75) is 13.8 Å². The molecule has 2 aromatic rings. The van der Waals surface area contributed by atoms with Gasteiger partial charge in [0.25, 0.3) is 0 Å². The molecule has 82 valence electrons. The van der Waals surface area contributed by atoms with E-state index in [0.717, 1.165) is 16.0 Å². The first-order valence-electron chi connectivity index (χ1n) is 4.98. The van der Waals surface area contributed by atoms with Crippen LogP contribution in [0.2, 0.25) is 0 Å². The average molecular weight is 232 g/mol. The number of carboxylic acid groups (broad SMARTS) is 1. The molecule has 0 spiro atoms. The Morgan fingerprint density at radius 2 is 1.94 bits per heavy atom. The minimum Gasteiger partial charge on any atom is -0.478 e. The predicted molar refractivity (Wildman–Crippen MR) is 66.2 cm³/mol. The second-order valence-corrected chi connectivity index (χ2v) is 4.68. The molecule has 1 aromatic heterocycles. The Bertz CT molecular complexity index is 541. The molecule has 1 heterocycles. The van der Waals surface area contributed by atoms with Gasteiger partial charge in [-0.3, -0.25) is 0 Å². The van der Waals surface area contributed by atoms with Gasteiger partial charge in [0.2, 0.25) is 0 Å². The first kappa shape index (κ1) is 10.9. The van der Waals surface area contributed by atoms with Crippen molar-refractivity contribution in [3.05, 3.63) is 46.3 Å². The molecule has 1 N–H and O–H groups in total. The molecule has 0 aliphatic carbocycles. The number of benzene rings is 1. The second-order valence-electron chi connectivity index (χ2n) is 3.77. The third-order valence-electron chi connectivity index (χ3n) is 2.59. The first-order chi connectivity index (χ1) is 7.59. The summed E-state index contributed by atoms with van der Waals surface area (Å²) in [5.74, 6) is -0.867. The third-order valence-corrected chi connectivity index (χ3v) is 3.66. The van der Waals surface area contributed by atoms with E-state index < -0.39 is 5.97 Å². The molecule has 2 rings (SSSR count). The Hall–Kier alpha value is -1.61. The van der Waals surface area contributed by atoms with E-state index in [1.165, 1.54) is 5.56 Å². The van der Waals surface area contributed by atoms with E-state index in [0.29, 0.717) is 5.56 Å². The summed E-state index contributed by atoms with van der Waals surface area (Å²) in [6, 6.07) is 7.62. The van der Waals surface area contributed by atoms with Gasteiger partial charge in [0, 0.05) is 4.88 Å². The number of thiophene rings is 1. The Labute approximate surface area is 98.2 Å². The monoisotopic (exact) mass is 232 g/mol. The molecule has 0 aliphatic heterocycles. The van der Waals surface area contributed by atoms with Crippen molar-refractivity contribution in [3.8, 4) is 10.4 Å². The van der Waals surface area contributed by atoms with Gasteiger partial charge >= 0.3 is 5.97 Å².